The predicted octanol–water partition coefficient (Wildman–Crippen LogP) is 9.49. The summed E-state index contributed by atoms with van der Waals surface area (Å²) >= 11 is 0. The molecule has 0 unspecified atom stereocenters. The molecule has 0 spiro atoms. The highest BCUT2D eigenvalue weighted by molar-refractivity contribution is 6.14. The molecular formula is C38H31NO2. The van der Waals surface area contributed by atoms with Crippen molar-refractivity contribution in [2.45, 2.75) is 6.92 Å². The van der Waals surface area contributed by atoms with Gasteiger partial charge in [0.1, 0.15) is 0 Å². The first kappa shape index (κ1) is 27.2. The summed E-state index contributed by atoms with van der Waals surface area (Å²) in [6.07, 6.45) is 6.28. The molecule has 0 aliphatic rings. The topological polar surface area (TPSA) is 40.5 Å². The second-order valence-corrected chi connectivity index (χ2v) is 9.81. The highest BCUT2D eigenvalue weighted by atomic mass is 16.4. The third-order valence-corrected chi connectivity index (χ3v) is 6.90. The van der Waals surface area contributed by atoms with E-state index in [0.29, 0.717) is 5.56 Å². The monoisotopic (exact) mass is 533 g/mol. The van der Waals surface area contributed by atoms with Crippen LogP contribution >= 0.6 is 0 Å². The lowest BCUT2D eigenvalue weighted by atomic mass is 9.98. The molecule has 1 N–H and O–H groups in total. The lowest BCUT2D eigenvalue weighted by Crippen LogP contribution is -2.10. The maximum atomic E-state index is 11.2. The van der Waals surface area contributed by atoms with Gasteiger partial charge in [0.15, 0.2) is 0 Å². The van der Waals surface area contributed by atoms with Crippen molar-refractivity contribution in [2.24, 2.45) is 0 Å². The van der Waals surface area contributed by atoms with Crippen molar-refractivity contribution < 1.29 is 9.90 Å². The van der Waals surface area contributed by atoms with Crippen molar-refractivity contribution in [3.8, 4) is 0 Å². The number of nitrogens with zero attached hydrogens (tertiary/aromatic N) is 1. The molecular weight excluding hydrogens is 502 g/mol. The van der Waals surface area contributed by atoms with E-state index in [1.807, 2.05) is 30.3 Å². The molecule has 0 saturated heterocycles. The standard InChI is InChI=1S/C38H31NO2/c1-28-13-23-35(24-14-28)39(27-37(33-9-5-3-6-10-33)34-11-7-4-8-12-34)36-25-19-31(20-26-36)16-15-30-17-21-32(22-18-30)29(2)38(40)41/h3-27H,2H2,1H3,(H,40,41). The van der Waals surface area contributed by atoms with Crippen molar-refractivity contribution in [3.05, 3.63) is 180 Å². The second-order valence-electron chi connectivity index (χ2n) is 9.81. The first-order chi connectivity index (χ1) is 20.0. The van der Waals surface area contributed by atoms with Gasteiger partial charge in [0, 0.05) is 23.1 Å². The van der Waals surface area contributed by atoms with Gasteiger partial charge in [0.25, 0.3) is 0 Å². The number of aliphatic carboxylic acids is 1. The molecule has 5 aromatic rings. The number of aryl methyl sites for hydroxylation is 1. The number of hydrogen-bond acceptors (Lipinski definition) is 2. The van der Waals surface area contributed by atoms with Crippen LogP contribution < -0.4 is 4.90 Å². The average molecular weight is 534 g/mol. The van der Waals surface area contributed by atoms with E-state index in [9.17, 15) is 4.79 Å². The number of carboxylic acid groups (broad SMARTS) is 1. The quantitative estimate of drug-likeness (QED) is 0.151. The maximum Gasteiger partial charge on any atom is 0.335 e. The molecule has 200 valence electrons. The molecule has 41 heavy (non-hydrogen) atoms. The molecule has 5 aromatic carbocycles. The normalized spacial score (nSPS) is 10.8. The van der Waals surface area contributed by atoms with Crippen LogP contribution in [0.4, 0.5) is 11.4 Å². The summed E-state index contributed by atoms with van der Waals surface area (Å²) in [6.45, 7) is 5.72. The molecule has 0 amide bonds. The average Bonchev–Trinajstić information content (AvgIpc) is 3.02. The van der Waals surface area contributed by atoms with E-state index in [2.05, 4.69) is 128 Å². The van der Waals surface area contributed by atoms with Gasteiger partial charge in [-0.2, -0.15) is 0 Å². The minimum atomic E-state index is -1.01. The van der Waals surface area contributed by atoms with Crippen LogP contribution in [0.25, 0.3) is 23.3 Å². The summed E-state index contributed by atoms with van der Waals surface area (Å²) in [7, 11) is 0. The number of rotatable bonds is 9. The molecule has 5 rings (SSSR count). The molecule has 0 saturated carbocycles. The summed E-state index contributed by atoms with van der Waals surface area (Å²) in [4.78, 5) is 13.4. The van der Waals surface area contributed by atoms with E-state index in [4.69, 9.17) is 5.11 Å². The van der Waals surface area contributed by atoms with Gasteiger partial charge >= 0.3 is 5.97 Å². The number of carbonyl (C=O) groups is 1. The Labute approximate surface area is 241 Å². The minimum Gasteiger partial charge on any atom is -0.478 e. The Morgan fingerprint density at radius 1 is 0.610 bits per heavy atom. The van der Waals surface area contributed by atoms with Gasteiger partial charge in [-0.25, -0.2) is 4.79 Å². The molecule has 0 aliphatic carbocycles. The Bertz CT molecular complexity index is 1640. The Balaban J connectivity index is 1.48. The van der Waals surface area contributed by atoms with Gasteiger partial charge in [0.2, 0.25) is 0 Å². The fourth-order valence-corrected chi connectivity index (χ4v) is 4.54. The van der Waals surface area contributed by atoms with Gasteiger partial charge < -0.3 is 10.0 Å². The second kappa shape index (κ2) is 12.6. The zero-order valence-electron chi connectivity index (χ0n) is 22.9. The van der Waals surface area contributed by atoms with Crippen LogP contribution in [0, 0.1) is 6.92 Å². The molecule has 0 aliphatic heterocycles. The molecule has 0 heterocycles. The van der Waals surface area contributed by atoms with Gasteiger partial charge in [0.05, 0.1) is 5.57 Å². The third kappa shape index (κ3) is 6.78. The third-order valence-electron chi connectivity index (χ3n) is 6.90. The fourth-order valence-electron chi connectivity index (χ4n) is 4.54. The number of hydrogen-bond donors (Lipinski definition) is 1. The largest absolute Gasteiger partial charge is 0.478 e. The van der Waals surface area contributed by atoms with E-state index in [0.717, 1.165) is 39.2 Å². The van der Waals surface area contributed by atoms with Crippen molar-refractivity contribution in [1.82, 2.24) is 0 Å². The Morgan fingerprint density at radius 3 is 1.51 bits per heavy atom. The smallest absolute Gasteiger partial charge is 0.335 e. The lowest BCUT2D eigenvalue weighted by Gasteiger charge is -2.24. The predicted molar refractivity (Wildman–Crippen MR) is 172 cm³/mol. The number of anilines is 2. The summed E-state index contributed by atoms with van der Waals surface area (Å²) in [5.74, 6) is -1.01. The van der Waals surface area contributed by atoms with Crippen molar-refractivity contribution in [2.75, 3.05) is 4.90 Å². The van der Waals surface area contributed by atoms with Crippen LogP contribution in [0.15, 0.2) is 146 Å². The van der Waals surface area contributed by atoms with E-state index in [1.165, 1.54) is 5.56 Å². The van der Waals surface area contributed by atoms with Crippen LogP contribution in [0.3, 0.4) is 0 Å². The van der Waals surface area contributed by atoms with Crippen LogP contribution in [-0.4, -0.2) is 11.1 Å². The molecule has 0 fully saturated rings. The first-order valence-electron chi connectivity index (χ1n) is 13.5. The van der Waals surface area contributed by atoms with E-state index >= 15 is 0 Å². The van der Waals surface area contributed by atoms with Crippen LogP contribution in [0.5, 0.6) is 0 Å². The van der Waals surface area contributed by atoms with Gasteiger partial charge in [-0.15, -0.1) is 0 Å². The first-order valence-corrected chi connectivity index (χ1v) is 13.5. The molecule has 3 nitrogen and oxygen atoms in total. The summed E-state index contributed by atoms with van der Waals surface area (Å²) < 4.78 is 0. The Morgan fingerprint density at radius 2 is 1.05 bits per heavy atom. The van der Waals surface area contributed by atoms with E-state index < -0.39 is 5.97 Å². The summed E-state index contributed by atoms with van der Waals surface area (Å²) in [6, 6.07) is 45.3. The Hall–Kier alpha value is -5.41. The zero-order chi connectivity index (χ0) is 28.6. The van der Waals surface area contributed by atoms with Crippen molar-refractivity contribution in [3.63, 3.8) is 0 Å². The van der Waals surface area contributed by atoms with E-state index in [1.54, 1.807) is 12.1 Å². The van der Waals surface area contributed by atoms with Crippen LogP contribution in [0.2, 0.25) is 0 Å². The van der Waals surface area contributed by atoms with Crippen LogP contribution in [-0.2, 0) is 4.79 Å². The van der Waals surface area contributed by atoms with Gasteiger partial charge in [-0.1, -0.05) is 133 Å². The number of carboxylic acids is 1. The molecule has 0 radical (unpaired) electrons. The highest BCUT2D eigenvalue weighted by Gasteiger charge is 2.12. The summed E-state index contributed by atoms with van der Waals surface area (Å²) in [5.41, 5.74) is 9.50. The maximum absolute atomic E-state index is 11.2. The highest BCUT2D eigenvalue weighted by Crippen LogP contribution is 2.32. The molecule has 0 atom stereocenters. The van der Waals surface area contributed by atoms with E-state index in [-0.39, 0.29) is 5.57 Å². The zero-order valence-corrected chi connectivity index (χ0v) is 22.9. The minimum absolute atomic E-state index is 0.0889. The molecule has 0 aromatic heterocycles. The van der Waals surface area contributed by atoms with Crippen molar-refractivity contribution >= 4 is 40.6 Å². The number of benzene rings is 5. The van der Waals surface area contributed by atoms with Crippen LogP contribution in [0.1, 0.15) is 33.4 Å². The van der Waals surface area contributed by atoms with Gasteiger partial charge in [-0.05, 0) is 59.0 Å². The fraction of sp³-hybridized carbons (Fsp3) is 0.0263. The SMILES string of the molecule is C=C(C(=O)O)c1ccc(C=Cc2ccc(N(C=C(c3ccccc3)c3ccccc3)c3ccc(C)cc3)cc2)cc1. The Kier molecular flexibility index (Phi) is 8.37. The van der Waals surface area contributed by atoms with Gasteiger partial charge in [-0.3, -0.25) is 0 Å². The summed E-state index contributed by atoms with van der Waals surface area (Å²) in [5, 5.41) is 9.15. The lowest BCUT2D eigenvalue weighted by molar-refractivity contribution is -0.130. The molecule has 3 heteroatoms. The molecule has 0 bridgehead atoms. The van der Waals surface area contributed by atoms with Crippen molar-refractivity contribution in [1.29, 1.82) is 0 Å².